The van der Waals surface area contributed by atoms with Crippen molar-refractivity contribution in [1.82, 2.24) is 0 Å². The number of cyclic esters (lactones) is 2. The highest BCUT2D eigenvalue weighted by Crippen LogP contribution is 2.51. The molecule has 2 fully saturated rings. The van der Waals surface area contributed by atoms with Crippen molar-refractivity contribution in [3.05, 3.63) is 24.3 Å². The highest BCUT2D eigenvalue weighted by Gasteiger charge is 2.65. The molecule has 130 valence electrons. The largest absolute Gasteiger partial charge is 0.507 e. The first-order valence-corrected chi connectivity index (χ1v) is 8.75. The van der Waals surface area contributed by atoms with Crippen molar-refractivity contribution in [2.45, 2.75) is 55.1 Å². The number of carbonyl (C=O) groups excluding carboxylic acids is 2. The zero-order valence-corrected chi connectivity index (χ0v) is 14.3. The van der Waals surface area contributed by atoms with Crippen LogP contribution in [0, 0.1) is 5.41 Å². The number of carbonyl (C=O) groups is 2. The highest BCUT2D eigenvalue weighted by atomic mass is 32.2. The van der Waals surface area contributed by atoms with E-state index < -0.39 is 34.5 Å². The monoisotopic (exact) mass is 352 g/mol. The summed E-state index contributed by atoms with van der Waals surface area (Å²) in [6.07, 6.45) is 0.340. The molecule has 1 spiro atoms. The molecule has 1 aliphatic carbocycles. The molecule has 0 unspecified atom stereocenters. The van der Waals surface area contributed by atoms with Crippen LogP contribution in [0.1, 0.15) is 33.1 Å². The highest BCUT2D eigenvalue weighted by molar-refractivity contribution is 8.00. The molecule has 1 saturated heterocycles. The topological polar surface area (TPSA) is 93.1 Å². The fraction of sp³-hybridized carbons (Fsp3) is 0.529. The minimum Gasteiger partial charge on any atom is -0.507 e. The maximum Gasteiger partial charge on any atom is 0.330 e. The quantitative estimate of drug-likeness (QED) is 0.623. The Morgan fingerprint density at radius 2 is 1.75 bits per heavy atom. The molecule has 1 heterocycles. The van der Waals surface area contributed by atoms with Gasteiger partial charge in [-0.05, 0) is 31.4 Å². The number of thioether (sulfide) groups is 1. The fourth-order valence-electron chi connectivity index (χ4n) is 3.28. The van der Waals surface area contributed by atoms with Crippen LogP contribution in [-0.2, 0) is 19.1 Å². The second-order valence-corrected chi connectivity index (χ2v) is 7.81. The number of para-hydroxylation sites is 1. The fourth-order valence-corrected chi connectivity index (χ4v) is 4.76. The Balaban J connectivity index is 2.00. The molecule has 2 atom stereocenters. The molecule has 2 N–H and O–H groups in total. The van der Waals surface area contributed by atoms with Crippen LogP contribution in [-0.4, -0.2) is 39.3 Å². The summed E-state index contributed by atoms with van der Waals surface area (Å²) in [7, 11) is 0. The number of aliphatic hydroxyl groups excluding tert-OH is 1. The molecule has 6 nitrogen and oxygen atoms in total. The average molecular weight is 352 g/mol. The van der Waals surface area contributed by atoms with Crippen molar-refractivity contribution in [1.29, 1.82) is 0 Å². The van der Waals surface area contributed by atoms with Crippen LogP contribution in [0.3, 0.4) is 0 Å². The van der Waals surface area contributed by atoms with Gasteiger partial charge >= 0.3 is 11.9 Å². The Labute approximate surface area is 144 Å². The Hall–Kier alpha value is -1.73. The van der Waals surface area contributed by atoms with Gasteiger partial charge in [0.1, 0.15) is 5.75 Å². The molecule has 2 aliphatic rings. The number of rotatable bonds is 2. The van der Waals surface area contributed by atoms with Crippen molar-refractivity contribution in [2.24, 2.45) is 5.41 Å². The molecular formula is C17H20O6S. The van der Waals surface area contributed by atoms with Crippen LogP contribution in [0.25, 0.3) is 0 Å². The van der Waals surface area contributed by atoms with Gasteiger partial charge in [-0.3, -0.25) is 9.59 Å². The predicted molar refractivity (Wildman–Crippen MR) is 86.3 cm³/mol. The van der Waals surface area contributed by atoms with Crippen LogP contribution in [0.2, 0.25) is 0 Å². The molecule has 7 heteroatoms. The van der Waals surface area contributed by atoms with Gasteiger partial charge in [0.15, 0.2) is 0 Å². The molecule has 0 radical (unpaired) electrons. The summed E-state index contributed by atoms with van der Waals surface area (Å²) in [6, 6.07) is 6.69. The molecule has 1 aromatic rings. The summed E-state index contributed by atoms with van der Waals surface area (Å²) in [4.78, 5) is 26.0. The number of aromatic hydroxyl groups is 1. The van der Waals surface area contributed by atoms with Crippen molar-refractivity contribution in [2.75, 3.05) is 0 Å². The third-order valence-corrected chi connectivity index (χ3v) is 5.96. The normalized spacial score (nSPS) is 28.3. The van der Waals surface area contributed by atoms with Crippen LogP contribution in [0.4, 0.5) is 0 Å². The maximum atomic E-state index is 12.7. The molecule has 24 heavy (non-hydrogen) atoms. The molecule has 1 aliphatic heterocycles. The first-order chi connectivity index (χ1) is 11.3. The molecule has 1 saturated carbocycles. The summed E-state index contributed by atoms with van der Waals surface area (Å²) in [5.74, 6) is -2.80. The number of esters is 2. The number of hydrogen-bond acceptors (Lipinski definition) is 7. The molecule has 0 amide bonds. The minimum atomic E-state index is -1.76. The number of benzene rings is 1. The number of ether oxygens (including phenoxy) is 2. The predicted octanol–water partition coefficient (Wildman–Crippen LogP) is 2.22. The average Bonchev–Trinajstić information content (AvgIpc) is 2.47. The van der Waals surface area contributed by atoms with Crippen molar-refractivity contribution in [3.63, 3.8) is 0 Å². The van der Waals surface area contributed by atoms with E-state index in [1.54, 1.807) is 18.2 Å². The zero-order chi connectivity index (χ0) is 17.5. The summed E-state index contributed by atoms with van der Waals surface area (Å²) >= 11 is 1.20. The molecule has 0 aromatic heterocycles. The van der Waals surface area contributed by atoms with E-state index in [2.05, 4.69) is 0 Å². The van der Waals surface area contributed by atoms with Gasteiger partial charge in [0.05, 0.1) is 6.10 Å². The van der Waals surface area contributed by atoms with Gasteiger partial charge < -0.3 is 19.7 Å². The molecular weight excluding hydrogens is 332 g/mol. The summed E-state index contributed by atoms with van der Waals surface area (Å²) < 4.78 is 10.6. The molecule has 1 aromatic carbocycles. The second-order valence-electron chi connectivity index (χ2n) is 6.57. The van der Waals surface area contributed by atoms with Gasteiger partial charge in [-0.2, -0.15) is 0 Å². The van der Waals surface area contributed by atoms with Crippen LogP contribution in [0.15, 0.2) is 29.2 Å². The van der Waals surface area contributed by atoms with E-state index in [9.17, 15) is 19.8 Å². The van der Waals surface area contributed by atoms with Gasteiger partial charge in [-0.25, -0.2) is 0 Å². The molecule has 0 bridgehead atoms. The van der Waals surface area contributed by atoms with Crippen molar-refractivity contribution < 1.29 is 29.3 Å². The third kappa shape index (κ3) is 2.65. The number of aliphatic hydroxyl groups is 1. The number of phenols is 1. The van der Waals surface area contributed by atoms with Gasteiger partial charge in [-0.1, -0.05) is 12.1 Å². The van der Waals surface area contributed by atoms with E-state index in [0.29, 0.717) is 24.2 Å². The summed E-state index contributed by atoms with van der Waals surface area (Å²) in [5, 5.41) is 20.0. The zero-order valence-electron chi connectivity index (χ0n) is 13.5. The lowest BCUT2D eigenvalue weighted by Crippen LogP contribution is -2.64. The first-order valence-electron chi connectivity index (χ1n) is 7.87. The van der Waals surface area contributed by atoms with Crippen molar-refractivity contribution in [3.8, 4) is 5.75 Å². The third-order valence-electron chi connectivity index (χ3n) is 4.46. The van der Waals surface area contributed by atoms with E-state index in [1.807, 2.05) is 0 Å². The van der Waals surface area contributed by atoms with Crippen molar-refractivity contribution >= 4 is 23.7 Å². The van der Waals surface area contributed by atoms with Crippen LogP contribution < -0.4 is 0 Å². The van der Waals surface area contributed by atoms with Crippen LogP contribution in [0.5, 0.6) is 5.75 Å². The smallest absolute Gasteiger partial charge is 0.330 e. The standard InChI is InChI=1S/C17H20O6S/c1-16(2)22-14(20)17(15(21)23-16)12(19)8-5-9-13(17)24-11-7-4-3-6-10(11)18/h3-4,6-7,12-13,18-19H,5,8-9H2,1-2H3/t12-,13+/m1/s1. The van der Waals surface area contributed by atoms with E-state index >= 15 is 0 Å². The SMILES string of the molecule is CC1(C)OC(=O)C2(C(=O)O1)[C@H](O)CCC[C@@H]2Sc1ccccc1O. The van der Waals surface area contributed by atoms with E-state index in [0.717, 1.165) is 0 Å². The van der Waals surface area contributed by atoms with Crippen LogP contribution >= 0.6 is 11.8 Å². The van der Waals surface area contributed by atoms with Gasteiger partial charge in [-0.15, -0.1) is 11.8 Å². The Bertz CT molecular complexity index is 651. The van der Waals surface area contributed by atoms with Gasteiger partial charge in [0.2, 0.25) is 5.41 Å². The Kier molecular flexibility index (Phi) is 4.25. The lowest BCUT2D eigenvalue weighted by atomic mass is 9.70. The number of phenolic OH excluding ortho intramolecular Hbond substituents is 1. The molecule has 3 rings (SSSR count). The Morgan fingerprint density at radius 3 is 2.38 bits per heavy atom. The van der Waals surface area contributed by atoms with E-state index in [4.69, 9.17) is 9.47 Å². The van der Waals surface area contributed by atoms with E-state index in [1.165, 1.54) is 31.7 Å². The lowest BCUT2D eigenvalue weighted by molar-refractivity contribution is -0.260. The first kappa shape index (κ1) is 17.1. The lowest BCUT2D eigenvalue weighted by Gasteiger charge is -2.47. The maximum absolute atomic E-state index is 12.7. The van der Waals surface area contributed by atoms with Gasteiger partial charge in [0.25, 0.3) is 5.79 Å². The second kappa shape index (κ2) is 5.97. The Morgan fingerprint density at radius 1 is 1.12 bits per heavy atom. The van der Waals surface area contributed by atoms with Gasteiger partial charge in [0, 0.05) is 24.0 Å². The number of hydrogen-bond donors (Lipinski definition) is 2. The van der Waals surface area contributed by atoms with E-state index in [-0.39, 0.29) is 5.75 Å². The minimum absolute atomic E-state index is 0.0654. The summed E-state index contributed by atoms with van der Waals surface area (Å²) in [5.41, 5.74) is -1.76. The summed E-state index contributed by atoms with van der Waals surface area (Å²) in [6.45, 7) is 2.96.